The van der Waals surface area contributed by atoms with Gasteiger partial charge in [0.05, 0.1) is 17.6 Å². The zero-order valence-electron chi connectivity index (χ0n) is 11.1. The largest absolute Gasteiger partial charge is 0.327 e. The summed E-state index contributed by atoms with van der Waals surface area (Å²) in [6.07, 6.45) is 3.37. The second-order valence-corrected chi connectivity index (χ2v) is 5.27. The quantitative estimate of drug-likeness (QED) is 0.779. The molecule has 2 aromatic rings. The SMILES string of the molecule is CCn1c(CNCCCSC)nc2ccccc21. The van der Waals surface area contributed by atoms with Crippen LogP contribution in [0.2, 0.25) is 0 Å². The van der Waals surface area contributed by atoms with Gasteiger partial charge in [-0.25, -0.2) is 4.98 Å². The van der Waals surface area contributed by atoms with Crippen molar-refractivity contribution in [2.75, 3.05) is 18.6 Å². The Kier molecular flexibility index (Phi) is 5.08. The summed E-state index contributed by atoms with van der Waals surface area (Å²) in [5.41, 5.74) is 2.33. The highest BCUT2D eigenvalue weighted by Gasteiger charge is 2.07. The molecule has 0 amide bonds. The highest BCUT2D eigenvalue weighted by atomic mass is 32.2. The Hall–Kier alpha value is -1.00. The van der Waals surface area contributed by atoms with Crippen molar-refractivity contribution in [3.05, 3.63) is 30.1 Å². The Morgan fingerprint density at radius 1 is 1.33 bits per heavy atom. The fourth-order valence-corrected chi connectivity index (χ4v) is 2.59. The first-order valence-electron chi connectivity index (χ1n) is 6.50. The molecule has 0 unspecified atom stereocenters. The van der Waals surface area contributed by atoms with Gasteiger partial charge in [0.1, 0.15) is 5.82 Å². The van der Waals surface area contributed by atoms with E-state index in [2.05, 4.69) is 41.3 Å². The van der Waals surface area contributed by atoms with Crippen molar-refractivity contribution in [1.82, 2.24) is 14.9 Å². The van der Waals surface area contributed by atoms with E-state index in [1.807, 2.05) is 17.8 Å². The van der Waals surface area contributed by atoms with E-state index in [4.69, 9.17) is 4.98 Å². The summed E-state index contributed by atoms with van der Waals surface area (Å²) < 4.78 is 2.29. The van der Waals surface area contributed by atoms with Gasteiger partial charge in [-0.05, 0) is 44.0 Å². The maximum absolute atomic E-state index is 4.70. The van der Waals surface area contributed by atoms with E-state index in [1.54, 1.807) is 0 Å². The highest BCUT2D eigenvalue weighted by Crippen LogP contribution is 2.15. The van der Waals surface area contributed by atoms with Crippen molar-refractivity contribution >= 4 is 22.8 Å². The van der Waals surface area contributed by atoms with Gasteiger partial charge in [0.2, 0.25) is 0 Å². The van der Waals surface area contributed by atoms with Gasteiger partial charge >= 0.3 is 0 Å². The van der Waals surface area contributed by atoms with Crippen LogP contribution in [-0.2, 0) is 13.1 Å². The van der Waals surface area contributed by atoms with Crippen LogP contribution in [0.1, 0.15) is 19.2 Å². The zero-order chi connectivity index (χ0) is 12.8. The number of imidazole rings is 1. The molecule has 3 nitrogen and oxygen atoms in total. The normalized spacial score (nSPS) is 11.2. The summed E-state index contributed by atoms with van der Waals surface area (Å²) in [5, 5.41) is 3.48. The Balaban J connectivity index is 2.03. The number of fused-ring (bicyclic) bond motifs is 1. The second-order valence-electron chi connectivity index (χ2n) is 4.28. The zero-order valence-corrected chi connectivity index (χ0v) is 12.0. The molecular weight excluding hydrogens is 242 g/mol. The number of benzene rings is 1. The van der Waals surface area contributed by atoms with Gasteiger partial charge in [-0.1, -0.05) is 12.1 Å². The smallest absolute Gasteiger partial charge is 0.123 e. The van der Waals surface area contributed by atoms with Gasteiger partial charge in [-0.2, -0.15) is 11.8 Å². The van der Waals surface area contributed by atoms with E-state index < -0.39 is 0 Å². The molecule has 0 spiro atoms. The predicted octanol–water partition coefficient (Wildman–Crippen LogP) is 2.90. The van der Waals surface area contributed by atoms with Crippen LogP contribution in [0.5, 0.6) is 0 Å². The standard InChI is InChI=1S/C14H21N3S/c1-3-17-13-8-5-4-7-12(13)16-14(17)11-15-9-6-10-18-2/h4-5,7-8,15H,3,6,9-11H2,1-2H3. The molecule has 4 heteroatoms. The van der Waals surface area contributed by atoms with Crippen molar-refractivity contribution in [2.24, 2.45) is 0 Å². The number of hydrogen-bond donors (Lipinski definition) is 1. The first-order valence-corrected chi connectivity index (χ1v) is 7.90. The summed E-state index contributed by atoms with van der Waals surface area (Å²) in [5.74, 6) is 2.36. The highest BCUT2D eigenvalue weighted by molar-refractivity contribution is 7.98. The van der Waals surface area contributed by atoms with E-state index in [-0.39, 0.29) is 0 Å². The third-order valence-corrected chi connectivity index (χ3v) is 3.73. The topological polar surface area (TPSA) is 29.9 Å². The Morgan fingerprint density at radius 3 is 2.94 bits per heavy atom. The van der Waals surface area contributed by atoms with Crippen LogP contribution in [0.15, 0.2) is 24.3 Å². The van der Waals surface area contributed by atoms with Crippen molar-refractivity contribution in [2.45, 2.75) is 26.4 Å². The van der Waals surface area contributed by atoms with Crippen LogP contribution < -0.4 is 5.32 Å². The Morgan fingerprint density at radius 2 is 2.17 bits per heavy atom. The number of aromatic nitrogens is 2. The minimum atomic E-state index is 0.858. The lowest BCUT2D eigenvalue weighted by atomic mass is 10.3. The van der Waals surface area contributed by atoms with Crippen LogP contribution >= 0.6 is 11.8 Å². The molecule has 1 aromatic heterocycles. The Labute approximate surface area is 113 Å². The van der Waals surface area contributed by atoms with Crippen LogP contribution in [0, 0.1) is 0 Å². The molecule has 1 heterocycles. The number of nitrogens with one attached hydrogen (secondary N) is 1. The number of hydrogen-bond acceptors (Lipinski definition) is 3. The van der Waals surface area contributed by atoms with E-state index in [0.29, 0.717) is 0 Å². The van der Waals surface area contributed by atoms with Gasteiger partial charge < -0.3 is 9.88 Å². The number of para-hydroxylation sites is 2. The van der Waals surface area contributed by atoms with Crippen LogP contribution in [0.3, 0.4) is 0 Å². The summed E-state index contributed by atoms with van der Waals surface area (Å²) in [7, 11) is 0. The Bertz CT molecular complexity index is 493. The van der Waals surface area contributed by atoms with Crippen LogP contribution in [0.4, 0.5) is 0 Å². The molecule has 1 N–H and O–H groups in total. The summed E-state index contributed by atoms with van der Waals surface area (Å²) in [6, 6.07) is 8.35. The van der Waals surface area contributed by atoms with Gasteiger partial charge in [0.25, 0.3) is 0 Å². The number of thioether (sulfide) groups is 1. The lowest BCUT2D eigenvalue weighted by molar-refractivity contribution is 0.617. The first-order chi connectivity index (χ1) is 8.86. The maximum atomic E-state index is 4.70. The number of rotatable bonds is 7. The molecule has 0 saturated heterocycles. The molecule has 0 saturated carbocycles. The molecule has 0 fully saturated rings. The number of aryl methyl sites for hydroxylation is 1. The molecule has 98 valence electrons. The molecule has 0 bridgehead atoms. The van der Waals surface area contributed by atoms with Gasteiger partial charge in [0.15, 0.2) is 0 Å². The fraction of sp³-hybridized carbons (Fsp3) is 0.500. The summed E-state index contributed by atoms with van der Waals surface area (Å²) in [6.45, 7) is 5.07. The molecule has 2 rings (SSSR count). The van der Waals surface area contributed by atoms with E-state index in [9.17, 15) is 0 Å². The van der Waals surface area contributed by atoms with Gasteiger partial charge in [0, 0.05) is 6.54 Å². The first kappa shape index (κ1) is 13.4. The lowest BCUT2D eigenvalue weighted by Gasteiger charge is -2.07. The minimum absolute atomic E-state index is 0.858. The van der Waals surface area contributed by atoms with Crippen molar-refractivity contribution in [3.8, 4) is 0 Å². The second kappa shape index (κ2) is 6.81. The van der Waals surface area contributed by atoms with Crippen LogP contribution in [-0.4, -0.2) is 28.1 Å². The third-order valence-electron chi connectivity index (χ3n) is 3.03. The predicted molar refractivity (Wildman–Crippen MR) is 80.1 cm³/mol. The average Bonchev–Trinajstić information content (AvgIpc) is 2.76. The van der Waals surface area contributed by atoms with E-state index >= 15 is 0 Å². The molecule has 0 radical (unpaired) electrons. The van der Waals surface area contributed by atoms with Crippen molar-refractivity contribution in [3.63, 3.8) is 0 Å². The van der Waals surface area contributed by atoms with E-state index in [1.165, 1.54) is 17.7 Å². The van der Waals surface area contributed by atoms with Crippen molar-refractivity contribution in [1.29, 1.82) is 0 Å². The fourth-order valence-electron chi connectivity index (χ4n) is 2.15. The maximum Gasteiger partial charge on any atom is 0.123 e. The summed E-state index contributed by atoms with van der Waals surface area (Å²) >= 11 is 1.90. The van der Waals surface area contributed by atoms with Gasteiger partial charge in [-0.15, -0.1) is 0 Å². The van der Waals surface area contributed by atoms with Crippen molar-refractivity contribution < 1.29 is 0 Å². The molecule has 18 heavy (non-hydrogen) atoms. The minimum Gasteiger partial charge on any atom is -0.327 e. The monoisotopic (exact) mass is 263 g/mol. The molecule has 0 aliphatic carbocycles. The molecule has 0 aliphatic rings. The lowest BCUT2D eigenvalue weighted by Crippen LogP contribution is -2.18. The summed E-state index contributed by atoms with van der Waals surface area (Å²) in [4.78, 5) is 4.70. The van der Waals surface area contributed by atoms with Crippen LogP contribution in [0.25, 0.3) is 11.0 Å². The van der Waals surface area contributed by atoms with Gasteiger partial charge in [-0.3, -0.25) is 0 Å². The average molecular weight is 263 g/mol. The van der Waals surface area contributed by atoms with E-state index in [0.717, 1.165) is 31.0 Å². The third kappa shape index (κ3) is 3.06. The molecule has 0 aliphatic heterocycles. The molecule has 1 aromatic carbocycles. The molecule has 0 atom stereocenters. The molecular formula is C14H21N3S. The number of nitrogens with zero attached hydrogens (tertiary/aromatic N) is 2.